The summed E-state index contributed by atoms with van der Waals surface area (Å²) in [5.41, 5.74) is 7.55. The van der Waals surface area contributed by atoms with Crippen LogP contribution in [0.5, 0.6) is 0 Å². The van der Waals surface area contributed by atoms with Crippen LogP contribution in [0, 0.1) is 0 Å². The zero-order valence-corrected chi connectivity index (χ0v) is 18.8. The summed E-state index contributed by atoms with van der Waals surface area (Å²) in [5.74, 6) is 0. The van der Waals surface area contributed by atoms with Crippen LogP contribution >= 0.6 is 0 Å². The second kappa shape index (κ2) is 7.36. The Morgan fingerprint density at radius 2 is 1.27 bits per heavy atom. The molecule has 0 amide bonds. The normalized spacial score (nSPS) is 12.3. The highest BCUT2D eigenvalue weighted by Crippen LogP contribution is 2.43. The molecule has 0 aliphatic heterocycles. The first-order valence-electron chi connectivity index (χ1n) is 10.6. The van der Waals surface area contributed by atoms with Crippen LogP contribution in [0.3, 0.4) is 0 Å². The van der Waals surface area contributed by atoms with Crippen molar-refractivity contribution >= 4 is 10.8 Å². The topological polar surface area (TPSA) is 25.8 Å². The largest absolute Gasteiger partial charge is 0.264 e. The number of nitrogens with zero attached hydrogens (tertiary/aromatic N) is 2. The van der Waals surface area contributed by atoms with E-state index >= 15 is 0 Å². The SMILES string of the molecule is CC(C)(C)c1ccc2c(-c3cccnc3)c(C(C)(C)C)cc(-c3cccnc3)c2c1. The van der Waals surface area contributed by atoms with Gasteiger partial charge in [0.1, 0.15) is 0 Å². The minimum atomic E-state index is -0.0149. The van der Waals surface area contributed by atoms with Crippen molar-refractivity contribution < 1.29 is 0 Å². The molecule has 0 atom stereocenters. The fourth-order valence-electron chi connectivity index (χ4n) is 4.07. The summed E-state index contributed by atoms with van der Waals surface area (Å²) in [6, 6.07) is 17.7. The molecule has 4 aromatic rings. The molecule has 0 aliphatic carbocycles. The smallest absolute Gasteiger partial charge is 0.0346 e. The molecule has 30 heavy (non-hydrogen) atoms. The molecule has 2 aromatic carbocycles. The number of rotatable bonds is 2. The lowest BCUT2D eigenvalue weighted by molar-refractivity contribution is 0.590. The van der Waals surface area contributed by atoms with E-state index < -0.39 is 0 Å². The van der Waals surface area contributed by atoms with E-state index in [2.05, 4.69) is 87.9 Å². The highest BCUT2D eigenvalue weighted by molar-refractivity contribution is 6.06. The molecule has 4 rings (SSSR count). The Kier molecular flexibility index (Phi) is 4.97. The molecule has 0 bridgehead atoms. The van der Waals surface area contributed by atoms with Gasteiger partial charge in [0.25, 0.3) is 0 Å². The molecule has 2 aromatic heterocycles. The Morgan fingerprint density at radius 1 is 0.633 bits per heavy atom. The van der Waals surface area contributed by atoms with E-state index in [1.165, 1.54) is 33.0 Å². The summed E-state index contributed by atoms with van der Waals surface area (Å²) in [6.45, 7) is 13.6. The van der Waals surface area contributed by atoms with Crippen LogP contribution in [0.15, 0.2) is 73.3 Å². The number of pyridine rings is 2. The monoisotopic (exact) mass is 394 g/mol. The molecule has 0 radical (unpaired) electrons. The van der Waals surface area contributed by atoms with Gasteiger partial charge in [0.05, 0.1) is 0 Å². The Bertz CT molecular complexity index is 1180. The van der Waals surface area contributed by atoms with Gasteiger partial charge in [-0.05, 0) is 68.1 Å². The van der Waals surface area contributed by atoms with Crippen LogP contribution in [0.1, 0.15) is 52.7 Å². The van der Waals surface area contributed by atoms with Gasteiger partial charge in [-0.25, -0.2) is 0 Å². The standard InChI is InChI=1S/C28H30N2/c1-27(2,3)21-11-12-22-24(15-21)23(19-9-7-13-29-17-19)16-25(28(4,5)6)26(22)20-10-8-14-30-18-20/h7-18H,1-6H3. The molecule has 0 spiro atoms. The lowest BCUT2D eigenvalue weighted by Crippen LogP contribution is -2.14. The van der Waals surface area contributed by atoms with E-state index in [0.29, 0.717) is 0 Å². The fraction of sp³-hybridized carbons (Fsp3) is 0.286. The van der Waals surface area contributed by atoms with E-state index in [9.17, 15) is 0 Å². The first kappa shape index (κ1) is 20.3. The molecule has 2 heterocycles. The minimum absolute atomic E-state index is 0.0149. The molecule has 2 nitrogen and oxygen atoms in total. The summed E-state index contributed by atoms with van der Waals surface area (Å²) in [7, 11) is 0. The molecule has 2 heteroatoms. The maximum Gasteiger partial charge on any atom is 0.0346 e. The molecule has 152 valence electrons. The number of fused-ring (bicyclic) bond motifs is 1. The second-order valence-corrected chi connectivity index (χ2v) is 10.1. The van der Waals surface area contributed by atoms with Crippen molar-refractivity contribution in [3.8, 4) is 22.3 Å². The first-order chi connectivity index (χ1) is 14.2. The minimum Gasteiger partial charge on any atom is -0.264 e. The van der Waals surface area contributed by atoms with Crippen LogP contribution in [0.2, 0.25) is 0 Å². The van der Waals surface area contributed by atoms with Gasteiger partial charge >= 0.3 is 0 Å². The zero-order valence-electron chi connectivity index (χ0n) is 18.8. The third kappa shape index (κ3) is 3.75. The molecule has 0 saturated heterocycles. The van der Waals surface area contributed by atoms with E-state index in [1.807, 2.05) is 36.9 Å². The summed E-state index contributed by atoms with van der Waals surface area (Å²) in [6.07, 6.45) is 7.62. The van der Waals surface area contributed by atoms with Gasteiger partial charge in [0, 0.05) is 35.9 Å². The maximum absolute atomic E-state index is 4.42. The Hall–Kier alpha value is -3.00. The number of aromatic nitrogens is 2. The molecule has 0 saturated carbocycles. The van der Waals surface area contributed by atoms with Crippen molar-refractivity contribution in [1.82, 2.24) is 9.97 Å². The van der Waals surface area contributed by atoms with Crippen LogP contribution in [0.4, 0.5) is 0 Å². The summed E-state index contributed by atoms with van der Waals surface area (Å²) in [4.78, 5) is 8.82. The molecular formula is C28H30N2. The lowest BCUT2D eigenvalue weighted by atomic mass is 9.76. The second-order valence-electron chi connectivity index (χ2n) is 10.1. The average Bonchev–Trinajstić information content (AvgIpc) is 2.72. The van der Waals surface area contributed by atoms with E-state index in [4.69, 9.17) is 0 Å². The van der Waals surface area contributed by atoms with Gasteiger partial charge in [-0.15, -0.1) is 0 Å². The maximum atomic E-state index is 4.42. The summed E-state index contributed by atoms with van der Waals surface area (Å²) >= 11 is 0. The van der Waals surface area contributed by atoms with Crippen molar-refractivity contribution in [3.63, 3.8) is 0 Å². The van der Waals surface area contributed by atoms with E-state index in [0.717, 1.165) is 11.1 Å². The third-order valence-corrected chi connectivity index (χ3v) is 5.73. The van der Waals surface area contributed by atoms with Crippen molar-refractivity contribution in [2.75, 3.05) is 0 Å². The number of hydrogen-bond donors (Lipinski definition) is 0. The Labute approximate surface area is 180 Å². The average molecular weight is 395 g/mol. The van der Waals surface area contributed by atoms with Crippen molar-refractivity contribution in [3.05, 3.63) is 84.4 Å². The van der Waals surface area contributed by atoms with Gasteiger partial charge in [-0.2, -0.15) is 0 Å². The van der Waals surface area contributed by atoms with E-state index in [1.54, 1.807) is 0 Å². The highest BCUT2D eigenvalue weighted by atomic mass is 14.6. The molecule has 0 aliphatic rings. The molecule has 0 N–H and O–H groups in total. The molecular weight excluding hydrogens is 364 g/mol. The van der Waals surface area contributed by atoms with Crippen molar-refractivity contribution in [1.29, 1.82) is 0 Å². The Morgan fingerprint density at radius 3 is 1.80 bits per heavy atom. The Balaban J connectivity index is 2.18. The summed E-state index contributed by atoms with van der Waals surface area (Å²) < 4.78 is 0. The van der Waals surface area contributed by atoms with Gasteiger partial charge < -0.3 is 0 Å². The zero-order chi connectivity index (χ0) is 21.5. The van der Waals surface area contributed by atoms with Gasteiger partial charge in [0.15, 0.2) is 0 Å². The van der Waals surface area contributed by atoms with Crippen LogP contribution < -0.4 is 0 Å². The quantitative estimate of drug-likeness (QED) is 0.350. The predicted molar refractivity (Wildman–Crippen MR) is 128 cm³/mol. The van der Waals surface area contributed by atoms with E-state index in [-0.39, 0.29) is 10.8 Å². The first-order valence-corrected chi connectivity index (χ1v) is 10.6. The van der Waals surface area contributed by atoms with Crippen LogP contribution in [0.25, 0.3) is 33.0 Å². The number of benzene rings is 2. The fourth-order valence-corrected chi connectivity index (χ4v) is 4.07. The van der Waals surface area contributed by atoms with Gasteiger partial charge in [0.2, 0.25) is 0 Å². The van der Waals surface area contributed by atoms with Crippen molar-refractivity contribution in [2.24, 2.45) is 0 Å². The number of hydrogen-bond acceptors (Lipinski definition) is 2. The van der Waals surface area contributed by atoms with Crippen LogP contribution in [-0.2, 0) is 10.8 Å². The van der Waals surface area contributed by atoms with Gasteiger partial charge in [-0.3, -0.25) is 9.97 Å². The molecule has 0 unspecified atom stereocenters. The van der Waals surface area contributed by atoms with Crippen LogP contribution in [-0.4, -0.2) is 9.97 Å². The lowest BCUT2D eigenvalue weighted by Gasteiger charge is -2.27. The third-order valence-electron chi connectivity index (χ3n) is 5.73. The van der Waals surface area contributed by atoms with Gasteiger partial charge in [-0.1, -0.05) is 65.8 Å². The predicted octanol–water partition coefficient (Wildman–Crippen LogP) is 7.56. The van der Waals surface area contributed by atoms with Crippen molar-refractivity contribution in [2.45, 2.75) is 52.4 Å². The highest BCUT2D eigenvalue weighted by Gasteiger charge is 2.24. The molecule has 0 fully saturated rings. The summed E-state index contributed by atoms with van der Waals surface area (Å²) in [5, 5.41) is 2.53.